The highest BCUT2D eigenvalue weighted by atomic mass is 35.5. The first-order chi connectivity index (χ1) is 15.8. The number of rotatable bonds is 7. The first-order valence-corrected chi connectivity index (χ1v) is 10.3. The Labute approximate surface area is 190 Å². The molecule has 0 saturated carbocycles. The van der Waals surface area contributed by atoms with Crippen molar-refractivity contribution < 1.29 is 23.1 Å². The van der Waals surface area contributed by atoms with Gasteiger partial charge in [-0.3, -0.25) is 4.79 Å². The van der Waals surface area contributed by atoms with Crippen LogP contribution in [0.5, 0.6) is 0 Å². The molecule has 1 atom stereocenters. The van der Waals surface area contributed by atoms with E-state index in [1.165, 1.54) is 16.9 Å². The number of carboxylic acids is 1. The van der Waals surface area contributed by atoms with E-state index in [1.54, 1.807) is 37.3 Å². The van der Waals surface area contributed by atoms with Crippen molar-refractivity contribution in [3.05, 3.63) is 70.4 Å². The molecule has 4 aromatic rings. The van der Waals surface area contributed by atoms with Gasteiger partial charge in [0.2, 0.25) is 0 Å². The Balaban J connectivity index is 1.89. The number of carboxylic acid groups (broad SMARTS) is 1. The third kappa shape index (κ3) is 4.25. The van der Waals surface area contributed by atoms with Crippen LogP contribution in [0.2, 0.25) is 5.15 Å². The zero-order chi connectivity index (χ0) is 23.7. The highest BCUT2D eigenvalue weighted by Crippen LogP contribution is 2.36. The molecule has 33 heavy (non-hydrogen) atoms. The summed E-state index contributed by atoms with van der Waals surface area (Å²) in [6.07, 6.45) is -1.54. The summed E-state index contributed by atoms with van der Waals surface area (Å²) in [6, 6.07) is 9.44. The zero-order valence-corrected chi connectivity index (χ0v) is 18.0. The molecule has 0 aliphatic rings. The van der Waals surface area contributed by atoms with Gasteiger partial charge in [-0.15, -0.1) is 0 Å². The van der Waals surface area contributed by atoms with E-state index in [2.05, 4.69) is 20.1 Å². The summed E-state index contributed by atoms with van der Waals surface area (Å²) < 4.78 is 43.4. The number of nitrogens with zero attached hydrogens (tertiary/aromatic N) is 5. The van der Waals surface area contributed by atoms with E-state index >= 15 is 0 Å². The van der Waals surface area contributed by atoms with Gasteiger partial charge >= 0.3 is 5.97 Å². The number of hydrogen-bond donors (Lipinski definition) is 1. The Bertz CT molecular complexity index is 1350. The highest BCUT2D eigenvalue weighted by molar-refractivity contribution is 6.30. The quantitative estimate of drug-likeness (QED) is 0.367. The molecule has 0 fully saturated rings. The molecule has 0 aliphatic carbocycles. The van der Waals surface area contributed by atoms with Crippen molar-refractivity contribution in [3.8, 4) is 11.5 Å². The van der Waals surface area contributed by atoms with Crippen LogP contribution in [0.25, 0.3) is 22.6 Å². The van der Waals surface area contributed by atoms with Crippen LogP contribution in [0.15, 0.2) is 42.6 Å². The van der Waals surface area contributed by atoms with Gasteiger partial charge in [0.05, 0.1) is 17.8 Å². The minimum Gasteiger partial charge on any atom is -0.481 e. The first-order valence-electron chi connectivity index (χ1n) is 9.95. The van der Waals surface area contributed by atoms with Crippen LogP contribution < -0.4 is 0 Å². The summed E-state index contributed by atoms with van der Waals surface area (Å²) in [6.45, 7) is 1.58. The van der Waals surface area contributed by atoms with Gasteiger partial charge in [0.25, 0.3) is 6.43 Å². The summed E-state index contributed by atoms with van der Waals surface area (Å²) in [4.78, 5) is 23.9. The topological polar surface area (TPSA) is 93.8 Å². The molecule has 1 aromatic carbocycles. The first kappa shape index (κ1) is 22.7. The summed E-state index contributed by atoms with van der Waals surface area (Å²) in [5, 5.41) is 13.9. The minimum atomic E-state index is -3.09. The van der Waals surface area contributed by atoms with E-state index in [9.17, 15) is 23.1 Å². The summed E-state index contributed by atoms with van der Waals surface area (Å²) in [5.41, 5.74) is -0.240. The van der Waals surface area contributed by atoms with Crippen LogP contribution >= 0.6 is 11.6 Å². The molecule has 7 nitrogen and oxygen atoms in total. The van der Waals surface area contributed by atoms with Crippen LogP contribution in [-0.4, -0.2) is 35.8 Å². The third-order valence-electron chi connectivity index (χ3n) is 5.19. The number of aromatic nitrogens is 5. The molecule has 0 radical (unpaired) electrons. The Kier molecular flexibility index (Phi) is 6.28. The van der Waals surface area contributed by atoms with Crippen molar-refractivity contribution in [1.82, 2.24) is 24.7 Å². The lowest BCUT2D eigenvalue weighted by Crippen LogP contribution is -2.16. The van der Waals surface area contributed by atoms with E-state index in [0.717, 1.165) is 0 Å². The second-order valence-electron chi connectivity index (χ2n) is 7.21. The summed E-state index contributed by atoms with van der Waals surface area (Å²) in [7, 11) is 0. The monoisotopic (exact) mass is 475 g/mol. The van der Waals surface area contributed by atoms with E-state index in [1.807, 2.05) is 0 Å². The number of benzene rings is 1. The molecule has 3 heterocycles. The number of hydrogen-bond acceptors (Lipinski definition) is 5. The normalized spacial score (nSPS) is 12.4. The van der Waals surface area contributed by atoms with E-state index in [-0.39, 0.29) is 35.2 Å². The van der Waals surface area contributed by atoms with Crippen molar-refractivity contribution in [3.63, 3.8) is 0 Å². The van der Waals surface area contributed by atoms with Crippen molar-refractivity contribution in [1.29, 1.82) is 0 Å². The molecule has 3 aromatic heterocycles. The van der Waals surface area contributed by atoms with E-state index < -0.39 is 29.8 Å². The standard InChI is InChI=1S/C22H17ClF3N5O2/c1-2-12(22(32)33)15-17(19(25)26)28-20(29-18(15)23)16-13-7-5-9-27-21(13)31(30-16)10-11-6-3-4-8-14(11)24/h3-9,12,19H,2,10H2,1H3,(H,32,33). The van der Waals surface area contributed by atoms with Gasteiger partial charge in [0.15, 0.2) is 11.5 Å². The smallest absolute Gasteiger partial charge is 0.311 e. The molecule has 1 N–H and O–H groups in total. The van der Waals surface area contributed by atoms with Gasteiger partial charge in [-0.25, -0.2) is 32.8 Å². The van der Waals surface area contributed by atoms with Crippen molar-refractivity contribution >= 4 is 28.6 Å². The largest absolute Gasteiger partial charge is 0.481 e. The average Bonchev–Trinajstić information content (AvgIpc) is 3.15. The average molecular weight is 476 g/mol. The number of alkyl halides is 2. The lowest BCUT2D eigenvalue weighted by Gasteiger charge is -2.16. The van der Waals surface area contributed by atoms with Crippen LogP contribution in [0, 0.1) is 5.82 Å². The van der Waals surface area contributed by atoms with Crippen molar-refractivity contribution in [2.75, 3.05) is 0 Å². The van der Waals surface area contributed by atoms with Crippen LogP contribution in [0.4, 0.5) is 13.2 Å². The molecular weight excluding hydrogens is 459 g/mol. The summed E-state index contributed by atoms with van der Waals surface area (Å²) >= 11 is 6.21. The maximum absolute atomic E-state index is 14.2. The number of carbonyl (C=O) groups is 1. The number of fused-ring (bicyclic) bond motifs is 1. The second-order valence-corrected chi connectivity index (χ2v) is 7.57. The van der Waals surface area contributed by atoms with Crippen molar-refractivity contribution in [2.45, 2.75) is 32.2 Å². The molecule has 4 rings (SSSR count). The van der Waals surface area contributed by atoms with Crippen LogP contribution in [0.3, 0.4) is 0 Å². The minimum absolute atomic E-state index is 0.0294. The summed E-state index contributed by atoms with van der Waals surface area (Å²) in [5.74, 6) is -3.22. The second kappa shape index (κ2) is 9.14. The SMILES string of the molecule is CCC(C(=O)O)c1c(Cl)nc(-c2nn(Cc3ccccc3F)c3ncccc23)nc1C(F)F. The maximum atomic E-state index is 14.2. The van der Waals surface area contributed by atoms with E-state index in [0.29, 0.717) is 16.6 Å². The molecule has 0 aliphatic heterocycles. The molecule has 0 saturated heterocycles. The molecule has 0 bridgehead atoms. The number of aliphatic carboxylic acids is 1. The fraction of sp³-hybridized carbons (Fsp3) is 0.227. The van der Waals surface area contributed by atoms with Gasteiger partial charge in [0, 0.05) is 17.3 Å². The lowest BCUT2D eigenvalue weighted by molar-refractivity contribution is -0.138. The van der Waals surface area contributed by atoms with Crippen LogP contribution in [-0.2, 0) is 11.3 Å². The van der Waals surface area contributed by atoms with Gasteiger partial charge < -0.3 is 5.11 Å². The molecule has 0 amide bonds. The molecular formula is C22H17ClF3N5O2. The molecule has 0 spiro atoms. The predicted molar refractivity (Wildman–Crippen MR) is 115 cm³/mol. The molecule has 11 heteroatoms. The van der Waals surface area contributed by atoms with Gasteiger partial charge in [0.1, 0.15) is 22.4 Å². The van der Waals surface area contributed by atoms with Gasteiger partial charge in [-0.1, -0.05) is 36.7 Å². The van der Waals surface area contributed by atoms with Gasteiger partial charge in [-0.2, -0.15) is 5.10 Å². The van der Waals surface area contributed by atoms with Crippen LogP contribution in [0.1, 0.15) is 42.5 Å². The zero-order valence-electron chi connectivity index (χ0n) is 17.2. The molecule has 1 unspecified atom stereocenters. The fourth-order valence-electron chi connectivity index (χ4n) is 3.63. The maximum Gasteiger partial charge on any atom is 0.311 e. The predicted octanol–water partition coefficient (Wildman–Crippen LogP) is 5.24. The van der Waals surface area contributed by atoms with Gasteiger partial charge in [-0.05, 0) is 24.6 Å². The molecule has 170 valence electrons. The Morgan fingerprint density at radius 2 is 1.94 bits per heavy atom. The van der Waals surface area contributed by atoms with Crippen molar-refractivity contribution in [2.24, 2.45) is 0 Å². The Hall–Kier alpha value is -3.53. The van der Waals surface area contributed by atoms with E-state index in [4.69, 9.17) is 11.6 Å². The number of pyridine rings is 1. The Morgan fingerprint density at radius 3 is 2.61 bits per heavy atom. The number of halogens is 4. The highest BCUT2D eigenvalue weighted by Gasteiger charge is 2.31. The lowest BCUT2D eigenvalue weighted by atomic mass is 9.96. The Morgan fingerprint density at radius 1 is 1.18 bits per heavy atom. The third-order valence-corrected chi connectivity index (χ3v) is 5.47. The fourth-order valence-corrected chi connectivity index (χ4v) is 3.94.